The summed E-state index contributed by atoms with van der Waals surface area (Å²) in [6.45, 7) is 1.74. The molecule has 0 aliphatic heterocycles. The van der Waals surface area contributed by atoms with E-state index in [2.05, 4.69) is 20.1 Å². The van der Waals surface area contributed by atoms with Crippen LogP contribution in [0.15, 0.2) is 36.4 Å². The SMILES string of the molecule is CCN(C[C@H]1CC[C@H](CC(=O)O)CC1)c1ccc(OC(F)(F)F)cc1CN(Cc1cc(C(F)(F)F)cc(C(F)(F)F)c1)c1nnn(C)n1. The van der Waals surface area contributed by atoms with E-state index in [-0.39, 0.29) is 42.4 Å². The Bertz CT molecular complexity index is 1520. The topological polar surface area (TPSA) is 96.6 Å². The molecule has 9 nitrogen and oxygen atoms in total. The lowest BCUT2D eigenvalue weighted by atomic mass is 9.80. The Balaban J connectivity index is 1.72. The normalized spacial score (nSPS) is 17.3. The van der Waals surface area contributed by atoms with Crippen LogP contribution in [0.25, 0.3) is 0 Å². The van der Waals surface area contributed by atoms with Crippen molar-refractivity contribution in [3.63, 3.8) is 0 Å². The van der Waals surface area contributed by atoms with Gasteiger partial charge in [0.05, 0.1) is 18.2 Å². The third kappa shape index (κ3) is 10.1. The molecule has 3 aromatic rings. The van der Waals surface area contributed by atoms with Gasteiger partial charge in [-0.15, -0.1) is 18.3 Å². The van der Waals surface area contributed by atoms with Crippen molar-refractivity contribution in [2.75, 3.05) is 22.9 Å². The lowest BCUT2D eigenvalue weighted by Crippen LogP contribution is -2.33. The molecule has 1 aromatic heterocycles. The molecule has 1 N–H and O–H groups in total. The van der Waals surface area contributed by atoms with Crippen molar-refractivity contribution in [3.05, 3.63) is 58.7 Å². The first-order valence-corrected chi connectivity index (χ1v) is 14.9. The summed E-state index contributed by atoms with van der Waals surface area (Å²) < 4.78 is 125. The number of benzene rings is 2. The second kappa shape index (κ2) is 14.5. The highest BCUT2D eigenvalue weighted by Gasteiger charge is 2.37. The third-order valence-electron chi connectivity index (χ3n) is 8.08. The van der Waals surface area contributed by atoms with Crippen LogP contribution in [0.4, 0.5) is 51.1 Å². The fourth-order valence-corrected chi connectivity index (χ4v) is 5.90. The minimum absolute atomic E-state index is 0.00126. The average molecular weight is 697 g/mol. The van der Waals surface area contributed by atoms with Crippen LogP contribution in [0.1, 0.15) is 61.3 Å². The molecule has 0 spiro atoms. The van der Waals surface area contributed by atoms with Crippen molar-refractivity contribution >= 4 is 17.6 Å². The highest BCUT2D eigenvalue weighted by atomic mass is 19.4. The standard InChI is InChI=1S/C30H33F9N6O3/c1-3-44(15-19-6-4-18(5-7-19)12-26(46)47)25-9-8-24(48-30(37,38)39)13-21(25)17-45(27-40-42-43(2)41-27)16-20-10-22(28(31,32)33)14-23(11-20)29(34,35)36/h8-11,13-14,18-19H,3-7,12,15-17H2,1-2H3,(H,46,47)/t18-,19-. The van der Waals surface area contributed by atoms with E-state index in [0.717, 1.165) is 29.8 Å². The van der Waals surface area contributed by atoms with E-state index in [1.807, 2.05) is 11.8 Å². The van der Waals surface area contributed by atoms with Crippen molar-refractivity contribution in [1.29, 1.82) is 0 Å². The number of ether oxygens (including phenoxy) is 1. The molecular weight excluding hydrogens is 663 g/mol. The highest BCUT2D eigenvalue weighted by molar-refractivity contribution is 5.67. The smallest absolute Gasteiger partial charge is 0.481 e. The minimum Gasteiger partial charge on any atom is -0.481 e. The summed E-state index contributed by atoms with van der Waals surface area (Å²) in [5, 5.41) is 20.8. The van der Waals surface area contributed by atoms with Crippen LogP contribution in [0.3, 0.4) is 0 Å². The lowest BCUT2D eigenvalue weighted by molar-refractivity contribution is -0.274. The molecule has 1 saturated carbocycles. The van der Waals surface area contributed by atoms with E-state index >= 15 is 0 Å². The minimum atomic E-state index is -5.10. The van der Waals surface area contributed by atoms with Gasteiger partial charge in [-0.3, -0.25) is 4.79 Å². The number of carbonyl (C=O) groups is 1. The van der Waals surface area contributed by atoms with Crippen LogP contribution >= 0.6 is 0 Å². The van der Waals surface area contributed by atoms with Crippen LogP contribution in [0, 0.1) is 11.8 Å². The first-order valence-electron chi connectivity index (χ1n) is 14.9. The first-order chi connectivity index (χ1) is 22.3. The molecule has 1 fully saturated rings. The van der Waals surface area contributed by atoms with Gasteiger partial charge in [0.1, 0.15) is 5.75 Å². The van der Waals surface area contributed by atoms with Gasteiger partial charge in [-0.05, 0) is 97.2 Å². The molecule has 0 bridgehead atoms. The third-order valence-corrected chi connectivity index (χ3v) is 8.08. The average Bonchev–Trinajstić information content (AvgIpc) is 3.41. The number of aryl methyl sites for hydroxylation is 1. The summed E-state index contributed by atoms with van der Waals surface area (Å²) in [4.78, 5) is 15.3. The Morgan fingerprint density at radius 1 is 0.896 bits per heavy atom. The Morgan fingerprint density at radius 3 is 2.00 bits per heavy atom. The molecule has 2 aromatic carbocycles. The maximum Gasteiger partial charge on any atom is 0.573 e. The Kier molecular flexibility index (Phi) is 11.0. The molecule has 48 heavy (non-hydrogen) atoms. The first kappa shape index (κ1) is 36.6. The molecule has 1 aliphatic carbocycles. The molecule has 0 atom stereocenters. The van der Waals surface area contributed by atoms with E-state index in [9.17, 15) is 44.3 Å². The maximum atomic E-state index is 13.6. The monoisotopic (exact) mass is 696 g/mol. The largest absolute Gasteiger partial charge is 0.573 e. The molecule has 0 unspecified atom stereocenters. The molecule has 4 rings (SSSR count). The zero-order valence-corrected chi connectivity index (χ0v) is 25.8. The molecule has 264 valence electrons. The fourth-order valence-electron chi connectivity index (χ4n) is 5.90. The van der Waals surface area contributed by atoms with Crippen LogP contribution < -0.4 is 14.5 Å². The summed E-state index contributed by atoms with van der Waals surface area (Å²) in [6.07, 6.45) is -12.3. The van der Waals surface area contributed by atoms with Gasteiger partial charge in [0.15, 0.2) is 0 Å². The van der Waals surface area contributed by atoms with Crippen LogP contribution in [-0.2, 0) is 37.3 Å². The number of rotatable bonds is 12. The van der Waals surface area contributed by atoms with Crippen LogP contribution in [0.2, 0.25) is 0 Å². The molecule has 18 heteroatoms. The Morgan fingerprint density at radius 2 is 1.50 bits per heavy atom. The zero-order valence-electron chi connectivity index (χ0n) is 25.8. The van der Waals surface area contributed by atoms with Gasteiger partial charge in [-0.1, -0.05) is 5.10 Å². The predicted molar refractivity (Wildman–Crippen MR) is 154 cm³/mol. The van der Waals surface area contributed by atoms with Gasteiger partial charge >= 0.3 is 24.7 Å². The number of carboxylic acids is 1. The van der Waals surface area contributed by atoms with Gasteiger partial charge in [0.2, 0.25) is 0 Å². The highest BCUT2D eigenvalue weighted by Crippen LogP contribution is 2.38. The maximum absolute atomic E-state index is 13.6. The van der Waals surface area contributed by atoms with Gasteiger partial charge in [-0.2, -0.15) is 31.1 Å². The predicted octanol–water partition coefficient (Wildman–Crippen LogP) is 7.46. The van der Waals surface area contributed by atoms with Crippen molar-refractivity contribution in [2.45, 2.75) is 70.8 Å². The summed E-state index contributed by atoms with van der Waals surface area (Å²) in [5.41, 5.74) is -2.81. The number of anilines is 2. The fraction of sp³-hybridized carbons (Fsp3) is 0.533. The van der Waals surface area contributed by atoms with Gasteiger partial charge in [0.25, 0.3) is 5.95 Å². The summed E-state index contributed by atoms with van der Waals surface area (Å²) in [6, 6.07) is 4.74. The van der Waals surface area contributed by atoms with Crippen molar-refractivity contribution in [2.24, 2.45) is 18.9 Å². The van der Waals surface area contributed by atoms with Crippen LogP contribution in [-0.4, -0.2) is 50.7 Å². The number of alkyl halides is 9. The molecule has 0 radical (unpaired) electrons. The summed E-state index contributed by atoms with van der Waals surface area (Å²) in [5.74, 6) is -1.47. The number of nitrogens with zero attached hydrogens (tertiary/aromatic N) is 6. The molecule has 1 heterocycles. The van der Waals surface area contributed by atoms with Crippen LogP contribution in [0.5, 0.6) is 5.75 Å². The Hall–Kier alpha value is -4.25. The molecule has 0 amide bonds. The number of hydrogen-bond acceptors (Lipinski definition) is 7. The second-order valence-electron chi connectivity index (χ2n) is 11.7. The number of aliphatic carboxylic acids is 1. The quantitative estimate of drug-likeness (QED) is 0.195. The number of aromatic nitrogens is 4. The van der Waals surface area contributed by atoms with E-state index in [1.165, 1.54) is 18.0 Å². The Labute approximate surface area is 269 Å². The lowest BCUT2D eigenvalue weighted by Gasteiger charge is -2.34. The van der Waals surface area contributed by atoms with Gasteiger partial charge in [-0.25, -0.2) is 0 Å². The van der Waals surface area contributed by atoms with Crippen molar-refractivity contribution in [3.8, 4) is 5.75 Å². The van der Waals surface area contributed by atoms with Gasteiger partial charge in [0, 0.05) is 38.3 Å². The van der Waals surface area contributed by atoms with E-state index in [1.54, 1.807) is 0 Å². The van der Waals surface area contributed by atoms with Crippen molar-refractivity contribution in [1.82, 2.24) is 20.2 Å². The number of carboxylic acid groups (broad SMARTS) is 1. The van der Waals surface area contributed by atoms with Crippen molar-refractivity contribution < 1.29 is 54.2 Å². The summed E-state index contributed by atoms with van der Waals surface area (Å²) in [7, 11) is 1.38. The number of tetrazole rings is 1. The van der Waals surface area contributed by atoms with E-state index in [4.69, 9.17) is 5.11 Å². The summed E-state index contributed by atoms with van der Waals surface area (Å²) >= 11 is 0. The van der Waals surface area contributed by atoms with E-state index < -0.39 is 53.7 Å². The molecular formula is C30H33F9N6O3. The zero-order chi connectivity index (χ0) is 35.4. The van der Waals surface area contributed by atoms with Gasteiger partial charge < -0.3 is 19.6 Å². The molecule has 0 saturated heterocycles. The van der Waals surface area contributed by atoms with E-state index in [0.29, 0.717) is 43.8 Å². The number of hydrogen-bond donors (Lipinski definition) is 1. The molecule has 1 aliphatic rings. The second-order valence-corrected chi connectivity index (χ2v) is 11.7. The number of halogens is 9.